The number of non-ortho nitro benzene ring substituents is 1. The van der Waals surface area contributed by atoms with Gasteiger partial charge < -0.3 is 19.4 Å². The third-order valence-electron chi connectivity index (χ3n) is 4.37. The molecule has 1 heterocycles. The van der Waals surface area contributed by atoms with Crippen LogP contribution in [-0.2, 0) is 6.54 Å². The van der Waals surface area contributed by atoms with Crippen LogP contribution in [-0.4, -0.2) is 29.6 Å². The third-order valence-corrected chi connectivity index (χ3v) is 4.37. The molecular formula is C21H19N3O6. The minimum atomic E-state index is -0.502. The van der Waals surface area contributed by atoms with E-state index in [0.29, 0.717) is 22.7 Å². The van der Waals surface area contributed by atoms with Gasteiger partial charge in [-0.15, -0.1) is 0 Å². The van der Waals surface area contributed by atoms with Crippen LogP contribution in [0.15, 0.2) is 65.6 Å². The summed E-state index contributed by atoms with van der Waals surface area (Å²) in [4.78, 5) is 35.4. The summed E-state index contributed by atoms with van der Waals surface area (Å²) in [5.74, 6) is 0.546. The monoisotopic (exact) mass is 409 g/mol. The Morgan fingerprint density at radius 1 is 1.10 bits per heavy atom. The number of carbonyl (C=O) groups excluding carboxylic acids is 1. The molecule has 9 nitrogen and oxygen atoms in total. The van der Waals surface area contributed by atoms with Crippen molar-refractivity contribution in [2.75, 3.05) is 19.5 Å². The van der Waals surface area contributed by atoms with Crippen molar-refractivity contribution in [2.24, 2.45) is 0 Å². The predicted molar refractivity (Wildman–Crippen MR) is 110 cm³/mol. The highest BCUT2D eigenvalue weighted by molar-refractivity contribution is 6.04. The lowest BCUT2D eigenvalue weighted by Crippen LogP contribution is -2.22. The van der Waals surface area contributed by atoms with Gasteiger partial charge in [0, 0.05) is 30.5 Å². The summed E-state index contributed by atoms with van der Waals surface area (Å²) in [7, 11) is 2.99. The summed E-state index contributed by atoms with van der Waals surface area (Å²) in [5.41, 5.74) is 0.818. The number of benzene rings is 2. The maximum absolute atomic E-state index is 12.7. The quantitative estimate of drug-likeness (QED) is 0.474. The van der Waals surface area contributed by atoms with E-state index in [-0.39, 0.29) is 23.4 Å². The number of rotatable bonds is 7. The molecule has 0 radical (unpaired) electrons. The van der Waals surface area contributed by atoms with Crippen LogP contribution in [0.25, 0.3) is 0 Å². The number of hydrogen-bond acceptors (Lipinski definition) is 6. The zero-order valence-corrected chi connectivity index (χ0v) is 16.3. The van der Waals surface area contributed by atoms with Crippen LogP contribution in [0.2, 0.25) is 0 Å². The molecule has 0 fully saturated rings. The summed E-state index contributed by atoms with van der Waals surface area (Å²) in [5, 5.41) is 13.7. The molecule has 1 aromatic heterocycles. The maximum Gasteiger partial charge on any atom is 0.269 e. The summed E-state index contributed by atoms with van der Waals surface area (Å²) < 4.78 is 11.7. The number of ether oxygens (including phenoxy) is 2. The Bertz CT molecular complexity index is 1160. The first kappa shape index (κ1) is 20.6. The van der Waals surface area contributed by atoms with E-state index < -0.39 is 10.8 Å². The van der Waals surface area contributed by atoms with Crippen molar-refractivity contribution < 1.29 is 19.2 Å². The highest BCUT2D eigenvalue weighted by Gasteiger charge is 2.13. The number of carbonyl (C=O) groups is 1. The van der Waals surface area contributed by atoms with Gasteiger partial charge in [-0.3, -0.25) is 19.7 Å². The van der Waals surface area contributed by atoms with Gasteiger partial charge in [-0.2, -0.15) is 0 Å². The molecule has 0 aliphatic carbocycles. The van der Waals surface area contributed by atoms with Crippen molar-refractivity contribution in [1.29, 1.82) is 0 Å². The fourth-order valence-electron chi connectivity index (χ4n) is 2.86. The molecule has 1 amide bonds. The van der Waals surface area contributed by atoms with Crippen LogP contribution in [0.3, 0.4) is 0 Å². The largest absolute Gasteiger partial charge is 0.497 e. The molecule has 2 aromatic carbocycles. The number of amides is 1. The highest BCUT2D eigenvalue weighted by atomic mass is 16.6. The molecule has 0 saturated carbocycles. The number of nitrogens with zero attached hydrogens (tertiary/aromatic N) is 2. The number of methoxy groups -OCH3 is 2. The molecule has 0 aliphatic rings. The zero-order valence-electron chi connectivity index (χ0n) is 16.3. The number of pyridine rings is 1. The summed E-state index contributed by atoms with van der Waals surface area (Å²) in [6.45, 7) is 0.0874. The standard InChI is InChI=1S/C21H19N3O6/c1-29-17-7-8-19(30-2)18(11-17)22-21(26)15-6-9-20(25)23(13-15)12-14-4-3-5-16(10-14)24(27)28/h3-11,13H,12H2,1-2H3,(H,22,26). The molecule has 0 aliphatic heterocycles. The van der Waals surface area contributed by atoms with E-state index in [1.807, 2.05) is 0 Å². The molecule has 0 atom stereocenters. The Kier molecular flexibility index (Phi) is 6.11. The van der Waals surface area contributed by atoms with E-state index in [1.54, 1.807) is 30.3 Å². The molecule has 0 bridgehead atoms. The Balaban J connectivity index is 1.86. The number of nitrogens with one attached hydrogen (secondary N) is 1. The topological polar surface area (TPSA) is 113 Å². The first-order valence-electron chi connectivity index (χ1n) is 8.88. The smallest absolute Gasteiger partial charge is 0.269 e. The predicted octanol–water partition coefficient (Wildman–Crippen LogP) is 3.07. The van der Waals surface area contributed by atoms with Gasteiger partial charge in [0.25, 0.3) is 17.2 Å². The molecule has 9 heteroatoms. The molecule has 0 saturated heterocycles. The lowest BCUT2D eigenvalue weighted by atomic mass is 10.2. The van der Waals surface area contributed by atoms with Crippen molar-refractivity contribution in [2.45, 2.75) is 6.54 Å². The van der Waals surface area contributed by atoms with Crippen LogP contribution < -0.4 is 20.3 Å². The van der Waals surface area contributed by atoms with E-state index in [4.69, 9.17) is 9.47 Å². The van der Waals surface area contributed by atoms with E-state index in [1.165, 1.54) is 49.2 Å². The van der Waals surface area contributed by atoms with Crippen LogP contribution in [0.4, 0.5) is 11.4 Å². The van der Waals surface area contributed by atoms with Gasteiger partial charge in [-0.1, -0.05) is 12.1 Å². The van der Waals surface area contributed by atoms with Gasteiger partial charge in [0.05, 0.1) is 36.9 Å². The third kappa shape index (κ3) is 4.64. The maximum atomic E-state index is 12.7. The number of aromatic nitrogens is 1. The van der Waals surface area contributed by atoms with E-state index in [9.17, 15) is 19.7 Å². The number of nitro groups is 1. The summed E-state index contributed by atoms with van der Waals surface area (Å²) >= 11 is 0. The molecule has 30 heavy (non-hydrogen) atoms. The molecule has 0 unspecified atom stereocenters. The number of nitro benzene ring substituents is 1. The Morgan fingerprint density at radius 2 is 1.90 bits per heavy atom. The molecule has 3 aromatic rings. The second-order valence-electron chi connectivity index (χ2n) is 6.33. The average molecular weight is 409 g/mol. The molecule has 1 N–H and O–H groups in total. The molecule has 154 valence electrons. The summed E-state index contributed by atoms with van der Waals surface area (Å²) in [6, 6.07) is 13.7. The molecule has 0 spiro atoms. The van der Waals surface area contributed by atoms with Crippen LogP contribution >= 0.6 is 0 Å². The molecular weight excluding hydrogens is 390 g/mol. The van der Waals surface area contributed by atoms with Crippen molar-refractivity contribution in [3.8, 4) is 11.5 Å². The zero-order chi connectivity index (χ0) is 21.7. The second-order valence-corrected chi connectivity index (χ2v) is 6.33. The number of anilines is 1. The van der Waals surface area contributed by atoms with Crippen molar-refractivity contribution in [1.82, 2.24) is 4.57 Å². The Labute approximate surface area is 171 Å². The second kappa shape index (κ2) is 8.91. The minimum absolute atomic E-state index is 0.0698. The van der Waals surface area contributed by atoms with Crippen LogP contribution in [0.5, 0.6) is 11.5 Å². The SMILES string of the molecule is COc1ccc(OC)c(NC(=O)c2ccc(=O)n(Cc3cccc([N+](=O)[O-])c3)c2)c1. The van der Waals surface area contributed by atoms with E-state index in [2.05, 4.69) is 5.32 Å². The lowest BCUT2D eigenvalue weighted by Gasteiger charge is -2.13. The van der Waals surface area contributed by atoms with E-state index >= 15 is 0 Å². The minimum Gasteiger partial charge on any atom is -0.497 e. The van der Waals surface area contributed by atoms with Gasteiger partial charge in [0.1, 0.15) is 11.5 Å². The van der Waals surface area contributed by atoms with Crippen LogP contribution in [0, 0.1) is 10.1 Å². The lowest BCUT2D eigenvalue weighted by molar-refractivity contribution is -0.384. The van der Waals surface area contributed by atoms with Gasteiger partial charge in [0.15, 0.2) is 0 Å². The van der Waals surface area contributed by atoms with Crippen molar-refractivity contribution >= 4 is 17.3 Å². The fraction of sp³-hybridized carbons (Fsp3) is 0.143. The average Bonchev–Trinajstić information content (AvgIpc) is 2.75. The molecule has 3 rings (SSSR count). The Hall–Kier alpha value is -4.14. The Morgan fingerprint density at radius 3 is 2.60 bits per heavy atom. The highest BCUT2D eigenvalue weighted by Crippen LogP contribution is 2.29. The number of hydrogen-bond donors (Lipinski definition) is 1. The first-order chi connectivity index (χ1) is 14.4. The normalized spacial score (nSPS) is 10.3. The van der Waals surface area contributed by atoms with Crippen molar-refractivity contribution in [3.63, 3.8) is 0 Å². The van der Waals surface area contributed by atoms with Gasteiger partial charge in [0.2, 0.25) is 0 Å². The van der Waals surface area contributed by atoms with Crippen LogP contribution in [0.1, 0.15) is 15.9 Å². The fourth-order valence-corrected chi connectivity index (χ4v) is 2.86. The van der Waals surface area contributed by atoms with Gasteiger partial charge in [-0.25, -0.2) is 0 Å². The van der Waals surface area contributed by atoms with Crippen molar-refractivity contribution in [3.05, 3.63) is 92.4 Å². The first-order valence-corrected chi connectivity index (χ1v) is 8.88. The van der Waals surface area contributed by atoms with Gasteiger partial charge >= 0.3 is 0 Å². The summed E-state index contributed by atoms with van der Waals surface area (Å²) in [6.07, 6.45) is 1.41. The van der Waals surface area contributed by atoms with E-state index in [0.717, 1.165) is 0 Å². The van der Waals surface area contributed by atoms with Gasteiger partial charge in [-0.05, 0) is 23.8 Å².